The Bertz CT molecular complexity index is 1270. The number of aliphatic hydroxyl groups excluding tert-OH is 1. The number of aryl methyl sites for hydroxylation is 2. The quantitative estimate of drug-likeness (QED) is 0.148. The fourth-order valence-electron chi connectivity index (χ4n) is 4.04. The van der Waals surface area contributed by atoms with E-state index in [9.17, 15) is 27.9 Å². The maximum absolute atomic E-state index is 12.4. The van der Waals surface area contributed by atoms with Gasteiger partial charge in [0.2, 0.25) is 16.9 Å². The predicted octanol–water partition coefficient (Wildman–Crippen LogP) is 3.33. The van der Waals surface area contributed by atoms with Crippen molar-refractivity contribution >= 4 is 34.1 Å². The number of benzene rings is 1. The molecule has 1 atom stereocenters. The SMILES string of the molecule is O=C1CCC(=O)N1CCNc1nnc(CCCCc2ccc(NC(O)Cc3cccc(OC(F)(F)F)c3)nn2)s1. The number of rotatable bonds is 14. The third kappa shape index (κ3) is 9.12. The zero-order chi connectivity index (χ0) is 28.5. The van der Waals surface area contributed by atoms with Crippen molar-refractivity contribution in [1.29, 1.82) is 0 Å². The molecule has 0 aliphatic carbocycles. The number of carbonyl (C=O) groups excluding carboxylic acids is 2. The minimum Gasteiger partial charge on any atom is -0.406 e. The van der Waals surface area contributed by atoms with Gasteiger partial charge in [-0.05, 0) is 49.1 Å². The average Bonchev–Trinajstić information content (AvgIpc) is 3.48. The van der Waals surface area contributed by atoms with E-state index >= 15 is 0 Å². The lowest BCUT2D eigenvalue weighted by molar-refractivity contribution is -0.274. The molecular weight excluding hydrogens is 551 g/mol. The second-order valence-corrected chi connectivity index (χ2v) is 10.1. The fourth-order valence-corrected chi connectivity index (χ4v) is 4.85. The second-order valence-electron chi connectivity index (χ2n) is 9.04. The Kier molecular flexibility index (Phi) is 9.82. The number of nitrogens with one attached hydrogen (secondary N) is 2. The van der Waals surface area contributed by atoms with Crippen molar-refractivity contribution in [2.75, 3.05) is 23.7 Å². The number of unbranched alkanes of at least 4 members (excludes halogenated alkanes) is 1. The Labute approximate surface area is 231 Å². The maximum atomic E-state index is 12.4. The van der Waals surface area contributed by atoms with E-state index in [-0.39, 0.29) is 36.8 Å². The molecule has 1 aliphatic heterocycles. The molecule has 1 aliphatic rings. The summed E-state index contributed by atoms with van der Waals surface area (Å²) in [6.07, 6.45) is -2.11. The largest absolute Gasteiger partial charge is 0.573 e. The molecule has 1 unspecified atom stereocenters. The van der Waals surface area contributed by atoms with Crippen LogP contribution in [0.2, 0.25) is 0 Å². The third-order valence-electron chi connectivity index (χ3n) is 5.90. The minimum absolute atomic E-state index is 0.0408. The van der Waals surface area contributed by atoms with Crippen molar-refractivity contribution in [2.45, 2.75) is 57.5 Å². The van der Waals surface area contributed by atoms with Crippen LogP contribution in [0.15, 0.2) is 36.4 Å². The van der Waals surface area contributed by atoms with Gasteiger partial charge in [0.1, 0.15) is 17.0 Å². The Morgan fingerprint density at radius 1 is 1.02 bits per heavy atom. The smallest absolute Gasteiger partial charge is 0.406 e. The molecule has 4 rings (SSSR count). The molecule has 3 heterocycles. The Balaban J connectivity index is 1.13. The molecule has 1 fully saturated rings. The highest BCUT2D eigenvalue weighted by Crippen LogP contribution is 2.24. The molecule has 214 valence electrons. The Morgan fingerprint density at radius 3 is 2.52 bits per heavy atom. The number of carbonyl (C=O) groups is 2. The van der Waals surface area contributed by atoms with Crippen LogP contribution in [0.25, 0.3) is 0 Å². The number of nitrogens with zero attached hydrogens (tertiary/aromatic N) is 5. The molecule has 1 saturated heterocycles. The summed E-state index contributed by atoms with van der Waals surface area (Å²) in [5, 5.41) is 34.2. The number of halogens is 3. The number of hydrogen-bond donors (Lipinski definition) is 3. The monoisotopic (exact) mass is 579 g/mol. The van der Waals surface area contributed by atoms with Gasteiger partial charge in [0.05, 0.1) is 5.69 Å². The second kappa shape index (κ2) is 13.5. The zero-order valence-corrected chi connectivity index (χ0v) is 22.2. The molecule has 2 amide bonds. The highest BCUT2D eigenvalue weighted by molar-refractivity contribution is 7.15. The highest BCUT2D eigenvalue weighted by Gasteiger charge is 2.31. The summed E-state index contributed by atoms with van der Waals surface area (Å²) in [6.45, 7) is 0.742. The molecule has 0 bridgehead atoms. The van der Waals surface area contributed by atoms with Crippen molar-refractivity contribution < 1.29 is 32.6 Å². The van der Waals surface area contributed by atoms with Gasteiger partial charge in [0, 0.05) is 38.8 Å². The van der Waals surface area contributed by atoms with Gasteiger partial charge >= 0.3 is 6.36 Å². The van der Waals surface area contributed by atoms with Crippen molar-refractivity contribution in [1.82, 2.24) is 25.3 Å². The number of anilines is 2. The summed E-state index contributed by atoms with van der Waals surface area (Å²) in [7, 11) is 0. The van der Waals surface area contributed by atoms with Gasteiger partial charge in [-0.15, -0.1) is 28.5 Å². The summed E-state index contributed by atoms with van der Waals surface area (Å²) in [6, 6.07) is 8.89. The first-order valence-electron chi connectivity index (χ1n) is 12.7. The molecule has 0 spiro atoms. The zero-order valence-electron chi connectivity index (χ0n) is 21.4. The van der Waals surface area contributed by atoms with Crippen LogP contribution in [0.3, 0.4) is 0 Å². The number of likely N-dealkylation sites (tertiary alicyclic amines) is 1. The lowest BCUT2D eigenvalue weighted by atomic mass is 10.1. The van der Waals surface area contributed by atoms with Crippen LogP contribution in [0.5, 0.6) is 5.75 Å². The van der Waals surface area contributed by atoms with Crippen LogP contribution in [0.4, 0.5) is 24.1 Å². The normalized spacial score (nSPS) is 14.4. The number of aliphatic hydroxyl groups is 1. The first-order chi connectivity index (χ1) is 19.1. The predicted molar refractivity (Wildman–Crippen MR) is 139 cm³/mol. The third-order valence-corrected chi connectivity index (χ3v) is 6.84. The van der Waals surface area contributed by atoms with Gasteiger partial charge < -0.3 is 20.5 Å². The molecule has 1 aromatic carbocycles. The number of alkyl halides is 3. The molecule has 0 radical (unpaired) electrons. The van der Waals surface area contributed by atoms with Gasteiger partial charge in [0.25, 0.3) is 0 Å². The summed E-state index contributed by atoms with van der Waals surface area (Å²) in [5.74, 6) is -0.289. The number of amides is 2. The van der Waals surface area contributed by atoms with E-state index in [2.05, 4.69) is 35.8 Å². The summed E-state index contributed by atoms with van der Waals surface area (Å²) < 4.78 is 41.1. The van der Waals surface area contributed by atoms with E-state index in [1.807, 2.05) is 0 Å². The van der Waals surface area contributed by atoms with Crippen LogP contribution in [0.1, 0.15) is 41.9 Å². The number of imide groups is 1. The first-order valence-corrected chi connectivity index (χ1v) is 13.5. The molecule has 0 saturated carbocycles. The molecular formula is C25H28F3N7O4S. The summed E-state index contributed by atoms with van der Waals surface area (Å²) >= 11 is 1.44. The molecule has 40 heavy (non-hydrogen) atoms. The van der Waals surface area contributed by atoms with E-state index in [1.165, 1.54) is 34.4 Å². The molecule has 2 aromatic heterocycles. The van der Waals surface area contributed by atoms with E-state index in [4.69, 9.17) is 0 Å². The topological polar surface area (TPSA) is 142 Å². The van der Waals surface area contributed by atoms with E-state index in [1.54, 1.807) is 18.2 Å². The highest BCUT2D eigenvalue weighted by atomic mass is 32.1. The number of aromatic nitrogens is 4. The standard InChI is InChI=1S/C25H28F3N7O4S/c26-25(27,28)39-18-6-3-4-16(14-18)15-20(36)30-19-9-8-17(31-32-19)5-1-2-7-21-33-34-24(40-21)29-12-13-35-22(37)10-11-23(35)38/h3-4,6,8-9,14,20,36H,1-2,5,7,10-13,15H2,(H,29,34)(H,30,32). The van der Waals surface area contributed by atoms with Gasteiger partial charge in [-0.2, -0.15) is 5.10 Å². The van der Waals surface area contributed by atoms with Crippen molar-refractivity contribution in [3.05, 3.63) is 52.7 Å². The fraction of sp³-hybridized carbons (Fsp3) is 0.440. The van der Waals surface area contributed by atoms with Gasteiger partial charge in [0.15, 0.2) is 5.82 Å². The maximum Gasteiger partial charge on any atom is 0.573 e. The molecule has 3 aromatic rings. The molecule has 15 heteroatoms. The van der Waals surface area contributed by atoms with Crippen LogP contribution in [-0.2, 0) is 28.9 Å². The average molecular weight is 580 g/mol. The molecule has 11 nitrogen and oxygen atoms in total. The van der Waals surface area contributed by atoms with Gasteiger partial charge in [-0.25, -0.2) is 0 Å². The van der Waals surface area contributed by atoms with Crippen molar-refractivity contribution in [3.63, 3.8) is 0 Å². The lowest BCUT2D eigenvalue weighted by Crippen LogP contribution is -2.33. The van der Waals surface area contributed by atoms with Crippen LogP contribution in [-0.4, -0.2) is 67.9 Å². The van der Waals surface area contributed by atoms with E-state index in [0.717, 1.165) is 30.0 Å². The Hall–Kier alpha value is -3.85. The van der Waals surface area contributed by atoms with Crippen LogP contribution in [0, 0.1) is 0 Å². The van der Waals surface area contributed by atoms with Crippen LogP contribution < -0.4 is 15.4 Å². The van der Waals surface area contributed by atoms with Crippen molar-refractivity contribution in [3.8, 4) is 5.75 Å². The Morgan fingerprint density at radius 2 is 1.80 bits per heavy atom. The number of ether oxygens (including phenoxy) is 1. The van der Waals surface area contributed by atoms with Crippen molar-refractivity contribution in [2.24, 2.45) is 0 Å². The van der Waals surface area contributed by atoms with E-state index in [0.29, 0.717) is 36.0 Å². The summed E-state index contributed by atoms with van der Waals surface area (Å²) in [4.78, 5) is 24.6. The lowest BCUT2D eigenvalue weighted by Gasteiger charge is -2.14. The van der Waals surface area contributed by atoms with Gasteiger partial charge in [-0.1, -0.05) is 23.5 Å². The first kappa shape index (κ1) is 29.1. The van der Waals surface area contributed by atoms with E-state index < -0.39 is 12.6 Å². The summed E-state index contributed by atoms with van der Waals surface area (Å²) in [5.41, 5.74) is 1.24. The van der Waals surface area contributed by atoms with Gasteiger partial charge in [-0.3, -0.25) is 14.5 Å². The van der Waals surface area contributed by atoms with Crippen LogP contribution >= 0.6 is 11.3 Å². The molecule has 3 N–H and O–H groups in total. The number of hydrogen-bond acceptors (Lipinski definition) is 11. The minimum atomic E-state index is -4.78.